The van der Waals surface area contributed by atoms with E-state index in [1.807, 2.05) is 5.38 Å². The molecule has 0 atom stereocenters. The van der Waals surface area contributed by atoms with Gasteiger partial charge >= 0.3 is 5.97 Å². The Morgan fingerprint density at radius 1 is 1.69 bits per heavy atom. The van der Waals surface area contributed by atoms with Crippen molar-refractivity contribution in [3.05, 3.63) is 35.2 Å². The Balaban J connectivity index is 1.95. The van der Waals surface area contributed by atoms with Crippen molar-refractivity contribution in [2.45, 2.75) is 6.54 Å². The standard InChI is InChI=1S/C10H10N2O3S/c1-14-9(13)7-4-8(15-6-7)5-12-10-11-2-3-16-10/h2-4,6H,5H2,1H3,(H,11,12). The van der Waals surface area contributed by atoms with E-state index >= 15 is 0 Å². The fraction of sp³-hybridized carbons (Fsp3) is 0.200. The number of furan rings is 1. The fourth-order valence-corrected chi connectivity index (χ4v) is 1.70. The van der Waals surface area contributed by atoms with Gasteiger partial charge in [-0.25, -0.2) is 9.78 Å². The van der Waals surface area contributed by atoms with Crippen LogP contribution in [0.25, 0.3) is 0 Å². The lowest BCUT2D eigenvalue weighted by atomic mass is 10.3. The molecule has 0 amide bonds. The minimum Gasteiger partial charge on any atom is -0.467 e. The molecule has 0 saturated heterocycles. The minimum absolute atomic E-state index is 0.399. The highest BCUT2D eigenvalue weighted by molar-refractivity contribution is 7.13. The maximum atomic E-state index is 11.1. The molecule has 84 valence electrons. The number of nitrogens with one attached hydrogen (secondary N) is 1. The number of rotatable bonds is 4. The van der Waals surface area contributed by atoms with E-state index in [1.165, 1.54) is 24.7 Å². The molecule has 0 aliphatic carbocycles. The van der Waals surface area contributed by atoms with Gasteiger partial charge in [-0.3, -0.25) is 0 Å². The van der Waals surface area contributed by atoms with Crippen molar-refractivity contribution in [2.75, 3.05) is 12.4 Å². The van der Waals surface area contributed by atoms with Gasteiger partial charge in [0.2, 0.25) is 0 Å². The molecule has 2 aromatic rings. The minimum atomic E-state index is -0.399. The quantitative estimate of drug-likeness (QED) is 0.827. The second-order valence-electron chi connectivity index (χ2n) is 2.98. The lowest BCUT2D eigenvalue weighted by Gasteiger charge is -1.97. The van der Waals surface area contributed by atoms with Crippen LogP contribution in [0.4, 0.5) is 5.13 Å². The van der Waals surface area contributed by atoms with Crippen LogP contribution in [0.15, 0.2) is 28.3 Å². The van der Waals surface area contributed by atoms with E-state index in [1.54, 1.807) is 12.3 Å². The van der Waals surface area contributed by atoms with Gasteiger partial charge in [0, 0.05) is 11.6 Å². The highest BCUT2D eigenvalue weighted by Gasteiger charge is 2.09. The highest BCUT2D eigenvalue weighted by Crippen LogP contribution is 2.14. The number of thiazole rings is 1. The monoisotopic (exact) mass is 238 g/mol. The Bertz CT molecular complexity index is 464. The van der Waals surface area contributed by atoms with Crippen molar-refractivity contribution in [2.24, 2.45) is 0 Å². The molecule has 5 nitrogen and oxygen atoms in total. The molecule has 1 N–H and O–H groups in total. The number of aromatic nitrogens is 1. The van der Waals surface area contributed by atoms with Gasteiger partial charge in [0.1, 0.15) is 12.0 Å². The first-order valence-corrected chi connectivity index (χ1v) is 5.46. The van der Waals surface area contributed by atoms with Crippen LogP contribution in [-0.2, 0) is 11.3 Å². The predicted molar refractivity (Wildman–Crippen MR) is 59.5 cm³/mol. The summed E-state index contributed by atoms with van der Waals surface area (Å²) >= 11 is 1.50. The zero-order valence-electron chi connectivity index (χ0n) is 8.60. The number of methoxy groups -OCH3 is 1. The summed E-state index contributed by atoms with van der Waals surface area (Å²) in [7, 11) is 1.34. The van der Waals surface area contributed by atoms with Crippen LogP contribution in [0.5, 0.6) is 0 Å². The largest absolute Gasteiger partial charge is 0.467 e. The predicted octanol–water partition coefficient (Wildman–Crippen LogP) is 2.13. The molecule has 16 heavy (non-hydrogen) atoms. The fourth-order valence-electron chi connectivity index (χ4n) is 1.17. The zero-order chi connectivity index (χ0) is 11.4. The molecule has 0 spiro atoms. The van der Waals surface area contributed by atoms with Crippen molar-refractivity contribution >= 4 is 22.4 Å². The first kappa shape index (κ1) is 10.7. The zero-order valence-corrected chi connectivity index (χ0v) is 9.41. The van der Waals surface area contributed by atoms with Gasteiger partial charge in [-0.1, -0.05) is 0 Å². The van der Waals surface area contributed by atoms with Crippen molar-refractivity contribution in [3.8, 4) is 0 Å². The summed E-state index contributed by atoms with van der Waals surface area (Å²) < 4.78 is 9.77. The van der Waals surface area contributed by atoms with Gasteiger partial charge in [-0.05, 0) is 6.07 Å². The Kier molecular flexibility index (Phi) is 3.21. The average Bonchev–Trinajstić information content (AvgIpc) is 2.96. The average molecular weight is 238 g/mol. The number of ether oxygens (including phenoxy) is 1. The van der Waals surface area contributed by atoms with E-state index in [-0.39, 0.29) is 0 Å². The molecular weight excluding hydrogens is 228 g/mol. The third-order valence-electron chi connectivity index (χ3n) is 1.92. The molecule has 0 aliphatic heterocycles. The first-order valence-electron chi connectivity index (χ1n) is 4.58. The lowest BCUT2D eigenvalue weighted by Crippen LogP contribution is -1.99. The number of hydrogen-bond donors (Lipinski definition) is 1. The summed E-state index contributed by atoms with van der Waals surface area (Å²) in [5.74, 6) is 0.264. The number of hydrogen-bond acceptors (Lipinski definition) is 6. The van der Waals surface area contributed by atoms with Crippen LogP contribution in [0.2, 0.25) is 0 Å². The van der Waals surface area contributed by atoms with E-state index in [0.717, 1.165) is 5.13 Å². The van der Waals surface area contributed by atoms with Gasteiger partial charge in [0.25, 0.3) is 0 Å². The molecular formula is C10H10N2O3S. The molecule has 0 fully saturated rings. The molecule has 2 rings (SSSR count). The Hall–Kier alpha value is -1.82. The van der Waals surface area contributed by atoms with E-state index in [9.17, 15) is 4.79 Å². The van der Waals surface area contributed by atoms with Crippen molar-refractivity contribution in [1.29, 1.82) is 0 Å². The van der Waals surface area contributed by atoms with E-state index < -0.39 is 5.97 Å². The lowest BCUT2D eigenvalue weighted by molar-refractivity contribution is 0.0600. The smallest absolute Gasteiger partial charge is 0.341 e. The van der Waals surface area contributed by atoms with Crippen LogP contribution in [0.3, 0.4) is 0 Å². The Morgan fingerprint density at radius 3 is 3.25 bits per heavy atom. The Morgan fingerprint density at radius 2 is 2.56 bits per heavy atom. The maximum Gasteiger partial charge on any atom is 0.341 e. The second-order valence-corrected chi connectivity index (χ2v) is 3.88. The van der Waals surface area contributed by atoms with Crippen LogP contribution in [0, 0.1) is 0 Å². The molecule has 2 aromatic heterocycles. The summed E-state index contributed by atoms with van der Waals surface area (Å²) in [6.45, 7) is 0.491. The number of nitrogens with zero attached hydrogens (tertiary/aromatic N) is 1. The van der Waals surface area contributed by atoms with Crippen LogP contribution in [0.1, 0.15) is 16.1 Å². The summed E-state index contributed by atoms with van der Waals surface area (Å²) in [5, 5.41) is 5.77. The van der Waals surface area contributed by atoms with Crippen molar-refractivity contribution in [3.63, 3.8) is 0 Å². The van der Waals surface area contributed by atoms with Crippen molar-refractivity contribution < 1.29 is 13.9 Å². The molecule has 0 aliphatic rings. The van der Waals surface area contributed by atoms with Crippen LogP contribution < -0.4 is 5.32 Å². The van der Waals surface area contributed by atoms with Crippen LogP contribution >= 0.6 is 11.3 Å². The van der Waals surface area contributed by atoms with E-state index in [2.05, 4.69) is 15.0 Å². The molecule has 0 saturated carbocycles. The van der Waals surface area contributed by atoms with Gasteiger partial charge in [0.15, 0.2) is 5.13 Å². The van der Waals surface area contributed by atoms with Gasteiger partial charge in [-0.15, -0.1) is 11.3 Å². The Labute approximate surface area is 96.1 Å². The van der Waals surface area contributed by atoms with E-state index in [4.69, 9.17) is 4.42 Å². The summed E-state index contributed by atoms with van der Waals surface area (Å²) in [4.78, 5) is 15.2. The number of anilines is 1. The number of carbonyl (C=O) groups is 1. The number of carbonyl (C=O) groups excluding carboxylic acids is 1. The molecule has 0 unspecified atom stereocenters. The summed E-state index contributed by atoms with van der Waals surface area (Å²) in [6.07, 6.45) is 3.10. The highest BCUT2D eigenvalue weighted by atomic mass is 32.1. The molecule has 2 heterocycles. The first-order chi connectivity index (χ1) is 7.79. The van der Waals surface area contributed by atoms with Gasteiger partial charge in [-0.2, -0.15) is 0 Å². The number of esters is 1. The molecule has 0 bridgehead atoms. The summed E-state index contributed by atoms with van der Waals surface area (Å²) in [5.41, 5.74) is 0.415. The SMILES string of the molecule is COC(=O)c1coc(CNc2nccs2)c1. The van der Waals surface area contributed by atoms with Crippen molar-refractivity contribution in [1.82, 2.24) is 4.98 Å². The second kappa shape index (κ2) is 4.80. The molecule has 0 aromatic carbocycles. The third-order valence-corrected chi connectivity index (χ3v) is 2.65. The van der Waals surface area contributed by atoms with Gasteiger partial charge in [0.05, 0.1) is 19.2 Å². The topological polar surface area (TPSA) is 64.4 Å². The van der Waals surface area contributed by atoms with Crippen LogP contribution in [-0.4, -0.2) is 18.1 Å². The summed E-state index contributed by atoms with van der Waals surface area (Å²) in [6, 6.07) is 1.65. The third kappa shape index (κ3) is 2.40. The maximum absolute atomic E-state index is 11.1. The normalized spacial score (nSPS) is 10.1. The van der Waals surface area contributed by atoms with Gasteiger partial charge < -0.3 is 14.5 Å². The molecule has 0 radical (unpaired) electrons. The van der Waals surface area contributed by atoms with E-state index in [0.29, 0.717) is 17.9 Å². The molecule has 6 heteroatoms.